The van der Waals surface area contributed by atoms with Gasteiger partial charge in [-0.2, -0.15) is 0 Å². The van der Waals surface area contributed by atoms with Gasteiger partial charge in [0.1, 0.15) is 5.69 Å². The highest BCUT2D eigenvalue weighted by Gasteiger charge is 2.25. The minimum absolute atomic E-state index is 0.139. The first-order chi connectivity index (χ1) is 17.0. The van der Waals surface area contributed by atoms with E-state index in [2.05, 4.69) is 15.5 Å². The van der Waals surface area contributed by atoms with E-state index in [4.69, 9.17) is 9.47 Å². The molecule has 2 heterocycles. The lowest BCUT2D eigenvalue weighted by Crippen LogP contribution is -2.23. The molecule has 1 aromatic heterocycles. The molecule has 1 aliphatic rings. The number of nitro groups is 1. The molecule has 0 radical (unpaired) electrons. The van der Waals surface area contributed by atoms with Crippen LogP contribution in [0.25, 0.3) is 17.1 Å². The molecule has 1 N–H and O–H groups in total. The van der Waals surface area contributed by atoms with E-state index in [1.807, 2.05) is 53.1 Å². The molecule has 1 amide bonds. The van der Waals surface area contributed by atoms with Crippen LogP contribution in [0, 0.1) is 10.1 Å². The van der Waals surface area contributed by atoms with Crippen LogP contribution in [0.2, 0.25) is 0 Å². The fourth-order valence-corrected chi connectivity index (χ4v) is 4.43. The largest absolute Gasteiger partial charge is 0.454 e. The van der Waals surface area contributed by atoms with Crippen LogP contribution in [0.4, 0.5) is 11.4 Å². The molecule has 0 fully saturated rings. The number of carbonyl (C=O) groups is 1. The maximum atomic E-state index is 12.9. The van der Waals surface area contributed by atoms with Gasteiger partial charge in [-0.15, -0.1) is 10.2 Å². The van der Waals surface area contributed by atoms with Gasteiger partial charge in [0, 0.05) is 17.3 Å². The standard InChI is InChI=1S/C24H19N5O5S/c1-15(23(30)25-18-9-5-6-10-19(18)29(31)32)35-24-27-26-22(28(24)17-7-3-2-4-8-17)16-11-12-20-21(13-16)34-14-33-20/h2-13,15H,14H2,1H3,(H,25,30). The lowest BCUT2D eigenvalue weighted by molar-refractivity contribution is -0.383. The molecule has 1 aliphatic heterocycles. The fraction of sp³-hybridized carbons (Fsp3) is 0.125. The predicted octanol–water partition coefficient (Wildman–Crippen LogP) is 4.69. The van der Waals surface area contributed by atoms with Gasteiger partial charge in [-0.1, -0.05) is 42.1 Å². The van der Waals surface area contributed by atoms with Crippen LogP contribution in [0.3, 0.4) is 0 Å². The summed E-state index contributed by atoms with van der Waals surface area (Å²) in [6, 6.07) is 21.1. The number of carbonyl (C=O) groups excluding carboxylic acids is 1. The highest BCUT2D eigenvalue weighted by Crippen LogP contribution is 2.37. The number of fused-ring (bicyclic) bond motifs is 1. The molecule has 3 aromatic carbocycles. The Hall–Kier alpha value is -4.38. The maximum Gasteiger partial charge on any atom is 0.292 e. The Morgan fingerprint density at radius 3 is 2.60 bits per heavy atom. The maximum absolute atomic E-state index is 12.9. The number of hydrogen-bond donors (Lipinski definition) is 1. The van der Waals surface area contributed by atoms with Crippen molar-refractivity contribution in [3.05, 3.63) is 82.9 Å². The molecule has 0 aliphatic carbocycles. The molecular weight excluding hydrogens is 470 g/mol. The second kappa shape index (κ2) is 9.47. The molecule has 0 bridgehead atoms. The average molecular weight is 490 g/mol. The SMILES string of the molecule is CC(Sc1nnc(-c2ccc3c(c2)OCO3)n1-c1ccccc1)C(=O)Nc1ccccc1[N+](=O)[O-]. The van der Waals surface area contributed by atoms with Crippen molar-refractivity contribution in [2.75, 3.05) is 12.1 Å². The number of aromatic nitrogens is 3. The number of amides is 1. The average Bonchev–Trinajstić information content (AvgIpc) is 3.51. The third-order valence-corrected chi connectivity index (χ3v) is 6.33. The molecule has 0 saturated carbocycles. The van der Waals surface area contributed by atoms with Gasteiger partial charge in [-0.3, -0.25) is 19.5 Å². The molecule has 10 nitrogen and oxygen atoms in total. The normalized spacial score (nSPS) is 12.8. The van der Waals surface area contributed by atoms with E-state index in [0.717, 1.165) is 11.3 Å². The summed E-state index contributed by atoms with van der Waals surface area (Å²) in [6.45, 7) is 1.87. The first-order valence-corrected chi connectivity index (χ1v) is 11.5. The van der Waals surface area contributed by atoms with E-state index in [0.29, 0.717) is 22.5 Å². The summed E-state index contributed by atoms with van der Waals surface area (Å²) in [5, 5.41) is 22.6. The van der Waals surface area contributed by atoms with Crippen molar-refractivity contribution in [3.63, 3.8) is 0 Å². The predicted molar refractivity (Wildman–Crippen MR) is 130 cm³/mol. The smallest absolute Gasteiger partial charge is 0.292 e. The summed E-state index contributed by atoms with van der Waals surface area (Å²) in [7, 11) is 0. The first kappa shape index (κ1) is 22.4. The van der Waals surface area contributed by atoms with Gasteiger partial charge in [0.15, 0.2) is 22.5 Å². The summed E-state index contributed by atoms with van der Waals surface area (Å²) in [5.74, 6) is 1.46. The summed E-state index contributed by atoms with van der Waals surface area (Å²) in [6.07, 6.45) is 0. The van der Waals surface area contributed by atoms with Gasteiger partial charge in [0.2, 0.25) is 12.7 Å². The molecule has 0 spiro atoms. The zero-order chi connectivity index (χ0) is 24.4. The van der Waals surface area contributed by atoms with Gasteiger partial charge >= 0.3 is 0 Å². The van der Waals surface area contributed by atoms with E-state index in [1.165, 1.54) is 23.9 Å². The van der Waals surface area contributed by atoms with Crippen molar-refractivity contribution in [3.8, 4) is 28.6 Å². The molecule has 11 heteroatoms. The zero-order valence-corrected chi connectivity index (χ0v) is 19.3. The minimum Gasteiger partial charge on any atom is -0.454 e. The first-order valence-electron chi connectivity index (χ1n) is 10.6. The van der Waals surface area contributed by atoms with Crippen molar-refractivity contribution in [2.24, 2.45) is 0 Å². The van der Waals surface area contributed by atoms with E-state index >= 15 is 0 Å². The number of benzene rings is 3. The summed E-state index contributed by atoms with van der Waals surface area (Å²) in [4.78, 5) is 23.7. The lowest BCUT2D eigenvalue weighted by atomic mass is 10.2. The molecular formula is C24H19N5O5S. The van der Waals surface area contributed by atoms with Crippen molar-refractivity contribution in [1.29, 1.82) is 0 Å². The highest BCUT2D eigenvalue weighted by molar-refractivity contribution is 8.00. The van der Waals surface area contributed by atoms with E-state index < -0.39 is 16.1 Å². The molecule has 1 unspecified atom stereocenters. The topological polar surface area (TPSA) is 121 Å². The van der Waals surface area contributed by atoms with Crippen molar-refractivity contribution >= 4 is 29.0 Å². The second-order valence-corrected chi connectivity index (χ2v) is 8.88. The Bertz CT molecular complexity index is 1410. The monoisotopic (exact) mass is 489 g/mol. The molecule has 176 valence electrons. The van der Waals surface area contributed by atoms with Crippen LogP contribution in [0.1, 0.15) is 6.92 Å². The van der Waals surface area contributed by atoms with Gasteiger partial charge < -0.3 is 14.8 Å². The number of rotatable bonds is 7. The third kappa shape index (κ3) is 4.53. The molecule has 1 atom stereocenters. The number of ether oxygens (including phenoxy) is 2. The quantitative estimate of drug-likeness (QED) is 0.225. The van der Waals surface area contributed by atoms with Crippen molar-refractivity contribution in [1.82, 2.24) is 14.8 Å². The Morgan fingerprint density at radius 2 is 1.80 bits per heavy atom. The number of para-hydroxylation sites is 3. The van der Waals surface area contributed by atoms with Crippen LogP contribution in [-0.4, -0.2) is 37.6 Å². The Morgan fingerprint density at radius 1 is 1.06 bits per heavy atom. The third-order valence-electron chi connectivity index (χ3n) is 5.29. The number of hydrogen-bond acceptors (Lipinski definition) is 8. The van der Waals surface area contributed by atoms with Crippen molar-refractivity contribution in [2.45, 2.75) is 17.3 Å². The van der Waals surface area contributed by atoms with Gasteiger partial charge in [0.05, 0.1) is 10.2 Å². The molecule has 0 saturated heterocycles. The highest BCUT2D eigenvalue weighted by atomic mass is 32.2. The van der Waals surface area contributed by atoms with Crippen LogP contribution >= 0.6 is 11.8 Å². The van der Waals surface area contributed by atoms with Crippen molar-refractivity contribution < 1.29 is 19.2 Å². The van der Waals surface area contributed by atoms with Crippen LogP contribution in [0.15, 0.2) is 78.0 Å². The summed E-state index contributed by atoms with van der Waals surface area (Å²) < 4.78 is 12.8. The van der Waals surface area contributed by atoms with Crippen LogP contribution < -0.4 is 14.8 Å². The Balaban J connectivity index is 1.45. The van der Waals surface area contributed by atoms with E-state index in [-0.39, 0.29) is 18.2 Å². The number of nitrogens with one attached hydrogen (secondary N) is 1. The molecule has 4 aromatic rings. The van der Waals surface area contributed by atoms with Crippen LogP contribution in [-0.2, 0) is 4.79 Å². The minimum atomic E-state index is -0.619. The Labute approximate surface area is 204 Å². The van der Waals surface area contributed by atoms with Gasteiger partial charge in [-0.25, -0.2) is 0 Å². The lowest BCUT2D eigenvalue weighted by Gasteiger charge is -2.14. The van der Waals surface area contributed by atoms with E-state index in [1.54, 1.807) is 19.1 Å². The number of thioether (sulfide) groups is 1. The molecule has 35 heavy (non-hydrogen) atoms. The second-order valence-electron chi connectivity index (χ2n) is 7.57. The fourth-order valence-electron chi connectivity index (χ4n) is 3.56. The summed E-state index contributed by atoms with van der Waals surface area (Å²) >= 11 is 1.20. The van der Waals surface area contributed by atoms with Gasteiger partial charge in [-0.05, 0) is 43.3 Å². The van der Waals surface area contributed by atoms with Gasteiger partial charge in [0.25, 0.3) is 5.69 Å². The zero-order valence-electron chi connectivity index (χ0n) is 18.5. The Kier molecular flexibility index (Phi) is 6.06. The summed E-state index contributed by atoms with van der Waals surface area (Å²) in [5.41, 5.74) is 1.56. The molecule has 5 rings (SSSR count). The number of nitrogens with zero attached hydrogens (tertiary/aromatic N) is 4. The number of anilines is 1. The van der Waals surface area contributed by atoms with E-state index in [9.17, 15) is 14.9 Å². The number of nitro benzene ring substituents is 1. The van der Waals surface area contributed by atoms with Crippen LogP contribution in [0.5, 0.6) is 11.5 Å².